The smallest absolute Gasteiger partial charge is 0.339 e. The number of amides is 1. The minimum absolute atomic E-state index is 0.0593. The predicted molar refractivity (Wildman–Crippen MR) is 81.3 cm³/mol. The molecule has 1 N–H and O–H groups in total. The molecular formula is C15H17N3O6. The molecule has 0 unspecified atom stereocenters. The second-order valence-electron chi connectivity index (χ2n) is 4.92. The number of ether oxygens (including phenoxy) is 2. The van der Waals surface area contributed by atoms with Crippen LogP contribution in [0.15, 0.2) is 16.8 Å². The summed E-state index contributed by atoms with van der Waals surface area (Å²) in [6, 6.07) is 1.39. The van der Waals surface area contributed by atoms with Gasteiger partial charge in [0, 0.05) is 7.05 Å². The van der Waals surface area contributed by atoms with Crippen molar-refractivity contribution in [1.82, 2.24) is 14.9 Å². The lowest BCUT2D eigenvalue weighted by atomic mass is 10.2. The number of carboxylic acids is 1. The average Bonchev–Trinajstić information content (AvgIpc) is 2.93. The zero-order valence-corrected chi connectivity index (χ0v) is 13.7. The third-order valence-electron chi connectivity index (χ3n) is 3.32. The molecule has 0 fully saturated rings. The second-order valence-corrected chi connectivity index (χ2v) is 4.92. The van der Waals surface area contributed by atoms with Crippen molar-refractivity contribution in [3.05, 3.63) is 35.0 Å². The molecule has 128 valence electrons. The van der Waals surface area contributed by atoms with Crippen LogP contribution in [-0.2, 0) is 6.54 Å². The Kier molecular flexibility index (Phi) is 5.02. The molecule has 0 spiro atoms. The highest BCUT2D eigenvalue weighted by atomic mass is 16.5. The lowest BCUT2D eigenvalue weighted by molar-refractivity contribution is 0.0693. The first-order valence-electron chi connectivity index (χ1n) is 6.90. The summed E-state index contributed by atoms with van der Waals surface area (Å²) in [6.07, 6.45) is 1.23. The summed E-state index contributed by atoms with van der Waals surface area (Å²) in [5, 5.41) is 9.05. The monoisotopic (exact) mass is 335 g/mol. The first kappa shape index (κ1) is 17.3. The highest BCUT2D eigenvalue weighted by molar-refractivity contribution is 5.98. The van der Waals surface area contributed by atoms with Crippen molar-refractivity contribution in [2.24, 2.45) is 0 Å². The second kappa shape index (κ2) is 6.99. The van der Waals surface area contributed by atoms with Gasteiger partial charge in [-0.2, -0.15) is 0 Å². The number of aryl methyl sites for hydroxylation is 1. The lowest BCUT2D eigenvalue weighted by Gasteiger charge is -2.18. The Bertz CT molecular complexity index is 748. The van der Waals surface area contributed by atoms with Gasteiger partial charge in [-0.05, 0) is 13.0 Å². The van der Waals surface area contributed by atoms with E-state index < -0.39 is 11.9 Å². The van der Waals surface area contributed by atoms with Gasteiger partial charge in [-0.1, -0.05) is 0 Å². The van der Waals surface area contributed by atoms with Crippen LogP contribution in [0.2, 0.25) is 0 Å². The van der Waals surface area contributed by atoms with Gasteiger partial charge in [0.15, 0.2) is 5.56 Å². The lowest BCUT2D eigenvalue weighted by Crippen LogP contribution is -2.27. The summed E-state index contributed by atoms with van der Waals surface area (Å²) < 4.78 is 15.5. The molecule has 0 aliphatic rings. The van der Waals surface area contributed by atoms with Crippen LogP contribution in [0.1, 0.15) is 32.2 Å². The van der Waals surface area contributed by atoms with Gasteiger partial charge in [0.25, 0.3) is 5.91 Å². The van der Waals surface area contributed by atoms with Gasteiger partial charge in [0.05, 0.1) is 20.8 Å². The first-order valence-corrected chi connectivity index (χ1v) is 6.90. The number of rotatable bonds is 6. The Labute approximate surface area is 137 Å². The molecule has 1 amide bonds. The largest absolute Gasteiger partial charge is 0.480 e. The molecule has 9 nitrogen and oxygen atoms in total. The highest BCUT2D eigenvalue weighted by Crippen LogP contribution is 2.25. The van der Waals surface area contributed by atoms with Crippen LogP contribution in [0.3, 0.4) is 0 Å². The van der Waals surface area contributed by atoms with Crippen molar-refractivity contribution >= 4 is 11.9 Å². The van der Waals surface area contributed by atoms with Gasteiger partial charge in [0.2, 0.25) is 11.8 Å². The van der Waals surface area contributed by atoms with E-state index in [9.17, 15) is 9.59 Å². The van der Waals surface area contributed by atoms with Crippen LogP contribution in [0, 0.1) is 6.92 Å². The fourth-order valence-electron chi connectivity index (χ4n) is 2.18. The van der Waals surface area contributed by atoms with Crippen molar-refractivity contribution in [2.75, 3.05) is 21.3 Å². The Morgan fingerprint density at radius 3 is 2.29 bits per heavy atom. The summed E-state index contributed by atoms with van der Waals surface area (Å²) in [7, 11) is 4.30. The van der Waals surface area contributed by atoms with Gasteiger partial charge in [0.1, 0.15) is 23.4 Å². The standard InChI is InChI=1S/C15H17N3O6/c1-8-10(15(20)21)5-9(24-8)6-18(2)14(19)11-12(22-3)16-7-17-13(11)23-4/h5,7H,6H2,1-4H3,(H,20,21). The van der Waals surface area contributed by atoms with E-state index in [4.69, 9.17) is 19.0 Å². The molecule has 24 heavy (non-hydrogen) atoms. The molecule has 0 saturated heterocycles. The first-order chi connectivity index (χ1) is 11.4. The number of carbonyl (C=O) groups excluding carboxylic acids is 1. The van der Waals surface area contributed by atoms with Gasteiger partial charge >= 0.3 is 5.97 Å². The Morgan fingerprint density at radius 1 is 1.25 bits per heavy atom. The number of nitrogens with zero attached hydrogens (tertiary/aromatic N) is 3. The van der Waals surface area contributed by atoms with Crippen molar-refractivity contribution in [3.63, 3.8) is 0 Å². The summed E-state index contributed by atoms with van der Waals surface area (Å²) in [4.78, 5) is 32.8. The number of carboxylic acid groups (broad SMARTS) is 1. The number of aromatic carboxylic acids is 1. The molecule has 0 aliphatic carbocycles. The number of aromatic nitrogens is 2. The van der Waals surface area contributed by atoms with Crippen LogP contribution < -0.4 is 9.47 Å². The van der Waals surface area contributed by atoms with Crippen LogP contribution in [0.25, 0.3) is 0 Å². The van der Waals surface area contributed by atoms with Gasteiger partial charge in [-0.25, -0.2) is 14.8 Å². The fourth-order valence-corrected chi connectivity index (χ4v) is 2.18. The van der Waals surface area contributed by atoms with E-state index in [1.165, 1.54) is 38.6 Å². The van der Waals surface area contributed by atoms with Crippen molar-refractivity contribution in [1.29, 1.82) is 0 Å². The van der Waals surface area contributed by atoms with Crippen LogP contribution in [0.4, 0.5) is 0 Å². The number of methoxy groups -OCH3 is 2. The molecule has 0 atom stereocenters. The zero-order valence-electron chi connectivity index (χ0n) is 13.7. The molecule has 2 heterocycles. The molecule has 0 saturated carbocycles. The SMILES string of the molecule is COc1ncnc(OC)c1C(=O)N(C)Cc1cc(C(=O)O)c(C)o1. The van der Waals surface area contributed by atoms with E-state index in [2.05, 4.69) is 9.97 Å². The van der Waals surface area contributed by atoms with E-state index in [-0.39, 0.29) is 35.2 Å². The van der Waals surface area contributed by atoms with Crippen molar-refractivity contribution in [3.8, 4) is 11.8 Å². The van der Waals surface area contributed by atoms with Gasteiger partial charge in [-0.15, -0.1) is 0 Å². The van der Waals surface area contributed by atoms with Crippen LogP contribution in [0.5, 0.6) is 11.8 Å². The number of furan rings is 1. The summed E-state index contributed by atoms with van der Waals surface area (Å²) in [5.41, 5.74) is 0.135. The Hall–Kier alpha value is -3.10. The molecule has 2 rings (SSSR count). The third kappa shape index (κ3) is 3.29. The maximum atomic E-state index is 12.7. The molecule has 9 heteroatoms. The number of hydrogen-bond acceptors (Lipinski definition) is 7. The summed E-state index contributed by atoms with van der Waals surface area (Å²) in [6.45, 7) is 1.61. The van der Waals surface area contributed by atoms with E-state index >= 15 is 0 Å². The molecule has 0 bridgehead atoms. The van der Waals surface area contributed by atoms with E-state index in [1.807, 2.05) is 0 Å². The minimum atomic E-state index is -1.09. The highest BCUT2D eigenvalue weighted by Gasteiger charge is 2.25. The summed E-state index contributed by atoms with van der Waals surface area (Å²) in [5.74, 6) is -0.750. The number of carbonyl (C=O) groups is 2. The molecule has 2 aromatic rings. The van der Waals surface area contributed by atoms with E-state index in [1.54, 1.807) is 6.92 Å². The van der Waals surface area contributed by atoms with E-state index in [0.29, 0.717) is 5.76 Å². The molecule has 2 aromatic heterocycles. The fraction of sp³-hybridized carbons (Fsp3) is 0.333. The minimum Gasteiger partial charge on any atom is -0.480 e. The van der Waals surface area contributed by atoms with Gasteiger partial charge in [-0.3, -0.25) is 4.79 Å². The third-order valence-corrected chi connectivity index (χ3v) is 3.32. The molecule has 0 aromatic carbocycles. The normalized spacial score (nSPS) is 10.3. The quantitative estimate of drug-likeness (QED) is 0.841. The van der Waals surface area contributed by atoms with E-state index in [0.717, 1.165) is 0 Å². The summed E-state index contributed by atoms with van der Waals surface area (Å²) >= 11 is 0. The Morgan fingerprint density at radius 2 is 1.83 bits per heavy atom. The van der Waals surface area contributed by atoms with Gasteiger partial charge < -0.3 is 23.9 Å². The topological polar surface area (TPSA) is 115 Å². The maximum Gasteiger partial charge on any atom is 0.339 e. The van der Waals surface area contributed by atoms with Crippen LogP contribution in [-0.4, -0.2) is 53.1 Å². The maximum absolute atomic E-state index is 12.7. The molecule has 0 aliphatic heterocycles. The van der Waals surface area contributed by atoms with Crippen molar-refractivity contribution in [2.45, 2.75) is 13.5 Å². The molecular weight excluding hydrogens is 318 g/mol. The van der Waals surface area contributed by atoms with Crippen molar-refractivity contribution < 1.29 is 28.6 Å². The predicted octanol–water partition coefficient (Wildman–Crippen LogP) is 1.37. The number of hydrogen-bond donors (Lipinski definition) is 1. The Balaban J connectivity index is 2.27. The van der Waals surface area contributed by atoms with Crippen LogP contribution >= 0.6 is 0 Å². The molecule has 0 radical (unpaired) electrons. The zero-order chi connectivity index (χ0) is 17.9. The average molecular weight is 335 g/mol.